The molecule has 7 heteroatoms. The minimum absolute atomic E-state index is 0.00228. The van der Waals surface area contributed by atoms with Crippen LogP contribution in [-0.2, 0) is 9.84 Å². The number of sulfone groups is 1. The van der Waals surface area contributed by atoms with Gasteiger partial charge >= 0.3 is 0 Å². The van der Waals surface area contributed by atoms with Crippen molar-refractivity contribution in [1.82, 2.24) is 0 Å². The minimum Gasteiger partial charge on any atom is -0.396 e. The Balaban J connectivity index is 2.47. The predicted molar refractivity (Wildman–Crippen MR) is 87.1 cm³/mol. The van der Waals surface area contributed by atoms with Gasteiger partial charge in [-0.15, -0.1) is 11.3 Å². The van der Waals surface area contributed by atoms with Crippen molar-refractivity contribution in [3.05, 3.63) is 4.88 Å². The quantitative estimate of drug-likeness (QED) is 0.777. The molecule has 1 saturated carbocycles. The largest absolute Gasteiger partial charge is 0.396 e. The van der Waals surface area contributed by atoms with Crippen molar-refractivity contribution in [3.63, 3.8) is 0 Å². The molecule has 0 aromatic carbocycles. The molecule has 21 heavy (non-hydrogen) atoms. The zero-order chi connectivity index (χ0) is 15.8. The van der Waals surface area contributed by atoms with Gasteiger partial charge in [-0.25, -0.2) is 8.42 Å². The van der Waals surface area contributed by atoms with E-state index in [0.29, 0.717) is 9.88 Å². The lowest BCUT2D eigenvalue weighted by atomic mass is 10.2. The van der Waals surface area contributed by atoms with Crippen LogP contribution in [0.3, 0.4) is 0 Å². The second-order valence-corrected chi connectivity index (χ2v) is 8.62. The van der Waals surface area contributed by atoms with Crippen LogP contribution in [0.15, 0.2) is 4.90 Å². The lowest BCUT2D eigenvalue weighted by molar-refractivity contribution is 0.0972. The first kappa shape index (κ1) is 16.3. The highest BCUT2D eigenvalue weighted by atomic mass is 32.2. The van der Waals surface area contributed by atoms with Crippen LogP contribution in [0.2, 0.25) is 0 Å². The molecule has 1 aliphatic rings. The van der Waals surface area contributed by atoms with Crippen LogP contribution in [0.4, 0.5) is 10.7 Å². The van der Waals surface area contributed by atoms with Gasteiger partial charge in [0.15, 0.2) is 15.6 Å². The number of anilines is 2. The first-order valence-electron chi connectivity index (χ1n) is 7.15. The average molecular weight is 330 g/mol. The molecule has 2 rings (SSSR count). The normalized spacial score (nSPS) is 15.2. The third kappa shape index (κ3) is 3.40. The summed E-state index contributed by atoms with van der Waals surface area (Å²) in [5.74, 6) is 0.0321. The zero-order valence-electron chi connectivity index (χ0n) is 12.7. The standard InChI is InChI=1S/C14H22N2O3S2/c1-4-5-8-16(2)14-13(21(3,18)19)10(15)12(20-14)11(17)9-6-7-9/h9H,4-8,15H2,1-3H3. The number of rotatable bonds is 7. The van der Waals surface area contributed by atoms with Crippen molar-refractivity contribution in [3.8, 4) is 0 Å². The number of nitrogens with two attached hydrogens (primary N) is 1. The number of nitrogen functional groups attached to an aromatic ring is 1. The number of ketones is 1. The van der Waals surface area contributed by atoms with E-state index >= 15 is 0 Å². The van der Waals surface area contributed by atoms with E-state index in [2.05, 4.69) is 6.92 Å². The molecule has 0 aliphatic heterocycles. The van der Waals surface area contributed by atoms with Gasteiger partial charge < -0.3 is 10.6 Å². The number of carbonyl (C=O) groups excluding carboxylic acids is 1. The highest BCUT2D eigenvalue weighted by molar-refractivity contribution is 7.91. The van der Waals surface area contributed by atoms with Crippen LogP contribution in [0.1, 0.15) is 42.3 Å². The van der Waals surface area contributed by atoms with Crippen LogP contribution in [0, 0.1) is 5.92 Å². The van der Waals surface area contributed by atoms with Gasteiger partial charge in [0, 0.05) is 25.8 Å². The van der Waals surface area contributed by atoms with Crippen LogP contribution in [0.25, 0.3) is 0 Å². The van der Waals surface area contributed by atoms with Crippen molar-refractivity contribution in [2.75, 3.05) is 30.5 Å². The van der Waals surface area contributed by atoms with Gasteiger partial charge in [0.1, 0.15) is 9.90 Å². The summed E-state index contributed by atoms with van der Waals surface area (Å²) in [6.07, 6.45) is 4.89. The van der Waals surface area contributed by atoms with Gasteiger partial charge in [-0.3, -0.25) is 4.79 Å². The van der Waals surface area contributed by atoms with Crippen molar-refractivity contribution in [2.24, 2.45) is 5.92 Å². The van der Waals surface area contributed by atoms with Gasteiger partial charge in [-0.1, -0.05) is 13.3 Å². The molecule has 1 aliphatic carbocycles. The second kappa shape index (κ2) is 5.96. The summed E-state index contributed by atoms with van der Waals surface area (Å²) < 4.78 is 24.1. The fraction of sp³-hybridized carbons (Fsp3) is 0.643. The lowest BCUT2D eigenvalue weighted by Crippen LogP contribution is -2.19. The van der Waals surface area contributed by atoms with E-state index in [1.54, 1.807) is 0 Å². The number of unbranched alkanes of at least 4 members (excludes halogenated alkanes) is 1. The first-order chi connectivity index (χ1) is 9.77. The molecule has 2 N–H and O–H groups in total. The topological polar surface area (TPSA) is 80.5 Å². The molecular formula is C14H22N2O3S2. The van der Waals surface area contributed by atoms with Crippen molar-refractivity contribution < 1.29 is 13.2 Å². The second-order valence-electron chi connectivity index (χ2n) is 5.66. The molecule has 0 atom stereocenters. The number of Topliss-reactive ketones (excluding diaryl/α,β-unsaturated/α-hetero) is 1. The van der Waals surface area contributed by atoms with E-state index in [-0.39, 0.29) is 22.3 Å². The SMILES string of the molecule is CCCCN(C)c1sc(C(=O)C2CC2)c(N)c1S(C)(=O)=O. The van der Waals surface area contributed by atoms with Gasteiger partial charge in [-0.05, 0) is 19.3 Å². The number of nitrogens with zero attached hydrogens (tertiary/aromatic N) is 1. The summed E-state index contributed by atoms with van der Waals surface area (Å²) in [6.45, 7) is 2.83. The van der Waals surface area contributed by atoms with E-state index in [9.17, 15) is 13.2 Å². The monoisotopic (exact) mass is 330 g/mol. The molecule has 1 aromatic rings. The summed E-state index contributed by atoms with van der Waals surface area (Å²) in [5, 5.41) is 0.590. The van der Waals surface area contributed by atoms with E-state index in [0.717, 1.165) is 38.5 Å². The Morgan fingerprint density at radius 3 is 2.52 bits per heavy atom. The van der Waals surface area contributed by atoms with Crippen molar-refractivity contribution >= 4 is 37.6 Å². The first-order valence-corrected chi connectivity index (χ1v) is 9.85. The summed E-state index contributed by atoms with van der Waals surface area (Å²) >= 11 is 1.22. The Morgan fingerprint density at radius 2 is 2.05 bits per heavy atom. The summed E-state index contributed by atoms with van der Waals surface area (Å²) in [7, 11) is -1.61. The zero-order valence-corrected chi connectivity index (χ0v) is 14.3. The molecule has 118 valence electrons. The van der Waals surface area contributed by atoms with E-state index in [1.165, 1.54) is 11.3 Å². The van der Waals surface area contributed by atoms with Gasteiger partial charge in [0.2, 0.25) is 0 Å². The fourth-order valence-corrected chi connectivity index (χ4v) is 4.98. The Bertz CT molecular complexity index is 645. The molecule has 0 amide bonds. The third-order valence-corrected chi connectivity index (χ3v) is 6.24. The Kier molecular flexibility index (Phi) is 4.63. The Morgan fingerprint density at radius 1 is 1.43 bits per heavy atom. The number of hydrogen-bond acceptors (Lipinski definition) is 6. The molecule has 1 heterocycles. The summed E-state index contributed by atoms with van der Waals surface area (Å²) in [5.41, 5.74) is 6.14. The molecular weight excluding hydrogens is 308 g/mol. The van der Waals surface area contributed by atoms with Gasteiger partial charge in [-0.2, -0.15) is 0 Å². The minimum atomic E-state index is -3.46. The Labute approximate surface area is 130 Å². The molecule has 0 spiro atoms. The molecule has 0 saturated heterocycles. The third-order valence-electron chi connectivity index (χ3n) is 3.62. The molecule has 1 aromatic heterocycles. The smallest absolute Gasteiger partial charge is 0.180 e. The summed E-state index contributed by atoms with van der Waals surface area (Å²) in [6, 6.07) is 0. The summed E-state index contributed by atoms with van der Waals surface area (Å²) in [4.78, 5) is 14.7. The maximum atomic E-state index is 12.3. The van der Waals surface area contributed by atoms with Gasteiger partial charge in [0.05, 0.1) is 10.6 Å². The molecule has 0 radical (unpaired) electrons. The molecule has 0 bridgehead atoms. The van der Waals surface area contributed by atoms with E-state index in [1.807, 2.05) is 11.9 Å². The van der Waals surface area contributed by atoms with Crippen LogP contribution in [-0.4, -0.2) is 34.0 Å². The number of hydrogen-bond donors (Lipinski definition) is 1. The maximum absolute atomic E-state index is 12.3. The molecule has 5 nitrogen and oxygen atoms in total. The molecule has 0 unspecified atom stereocenters. The highest BCUT2D eigenvalue weighted by Crippen LogP contribution is 2.44. The predicted octanol–water partition coefficient (Wildman–Crippen LogP) is 2.56. The van der Waals surface area contributed by atoms with Crippen LogP contribution < -0.4 is 10.6 Å². The van der Waals surface area contributed by atoms with Crippen LogP contribution in [0.5, 0.6) is 0 Å². The van der Waals surface area contributed by atoms with E-state index < -0.39 is 9.84 Å². The van der Waals surface area contributed by atoms with Gasteiger partial charge in [0.25, 0.3) is 0 Å². The number of thiophene rings is 1. The Hall–Kier alpha value is -1.08. The average Bonchev–Trinajstić information content (AvgIpc) is 3.17. The maximum Gasteiger partial charge on any atom is 0.180 e. The highest BCUT2D eigenvalue weighted by Gasteiger charge is 2.36. The lowest BCUT2D eigenvalue weighted by Gasteiger charge is -2.18. The molecule has 1 fully saturated rings. The van der Waals surface area contributed by atoms with Crippen LogP contribution >= 0.6 is 11.3 Å². The van der Waals surface area contributed by atoms with Crippen molar-refractivity contribution in [2.45, 2.75) is 37.5 Å². The van der Waals surface area contributed by atoms with Crippen molar-refractivity contribution in [1.29, 1.82) is 0 Å². The van der Waals surface area contributed by atoms with E-state index in [4.69, 9.17) is 5.73 Å². The number of carbonyl (C=O) groups is 1. The fourth-order valence-electron chi connectivity index (χ4n) is 2.24.